The molecular weight excluding hydrogens is 196 g/mol. The number of hydrogen-bond acceptors (Lipinski definition) is 3. The van der Waals surface area contributed by atoms with Crippen molar-refractivity contribution in [1.29, 1.82) is 0 Å². The number of H-pyrrole nitrogens is 1. The van der Waals surface area contributed by atoms with Gasteiger partial charge in [-0.05, 0) is 6.42 Å². The van der Waals surface area contributed by atoms with Gasteiger partial charge >= 0.3 is 5.97 Å². The third kappa shape index (κ3) is 2.23. The summed E-state index contributed by atoms with van der Waals surface area (Å²) < 4.78 is 0. The van der Waals surface area contributed by atoms with Crippen LogP contribution in [-0.4, -0.2) is 21.0 Å². The van der Waals surface area contributed by atoms with Crippen LogP contribution in [0.25, 0.3) is 0 Å². The molecule has 0 radical (unpaired) electrons. The number of nitrogens with zero attached hydrogens (tertiary/aromatic N) is 1. The Labute approximate surface area is 87.2 Å². The number of carbonyl (C=O) groups is 1. The predicted octanol–water partition coefficient (Wildman–Crippen LogP) is 1.16. The lowest BCUT2D eigenvalue weighted by Gasteiger charge is -2.20. The van der Waals surface area contributed by atoms with Crippen LogP contribution in [0.1, 0.15) is 43.4 Å². The average Bonchev–Trinajstić information content (AvgIpc) is 2.17. The highest BCUT2D eigenvalue weighted by atomic mass is 16.4. The summed E-state index contributed by atoms with van der Waals surface area (Å²) in [5.74, 6) is -0.746. The van der Waals surface area contributed by atoms with E-state index in [0.717, 1.165) is 12.6 Å². The van der Waals surface area contributed by atoms with E-state index in [0.29, 0.717) is 5.82 Å². The highest BCUT2D eigenvalue weighted by Crippen LogP contribution is 2.21. The molecule has 15 heavy (non-hydrogen) atoms. The van der Waals surface area contributed by atoms with Gasteiger partial charge in [0.2, 0.25) is 0 Å². The van der Waals surface area contributed by atoms with Crippen LogP contribution in [0.15, 0.2) is 11.0 Å². The first-order valence-corrected chi connectivity index (χ1v) is 4.71. The Hall–Kier alpha value is -1.65. The average molecular weight is 210 g/mol. The fourth-order valence-electron chi connectivity index (χ4n) is 1.06. The number of hydrogen-bond donors (Lipinski definition) is 2. The molecule has 0 unspecified atom stereocenters. The van der Waals surface area contributed by atoms with Crippen molar-refractivity contribution in [3.8, 4) is 0 Å². The zero-order chi connectivity index (χ0) is 11.6. The number of rotatable bonds is 3. The van der Waals surface area contributed by atoms with E-state index in [4.69, 9.17) is 5.11 Å². The van der Waals surface area contributed by atoms with E-state index in [-0.39, 0.29) is 11.0 Å². The maximum absolute atomic E-state index is 11.4. The van der Waals surface area contributed by atoms with E-state index in [9.17, 15) is 9.59 Å². The Balaban J connectivity index is 3.24. The minimum Gasteiger partial charge on any atom is -0.477 e. The standard InChI is InChI=1S/C10H14N2O3/c1-4-10(2,3)9-11-5-6(8(14)15)7(13)12-9/h5H,4H2,1-3H3,(H,14,15)(H,11,12,13). The number of aromatic nitrogens is 2. The van der Waals surface area contributed by atoms with Crippen molar-refractivity contribution in [2.75, 3.05) is 0 Å². The summed E-state index contributed by atoms with van der Waals surface area (Å²) in [7, 11) is 0. The second-order valence-corrected chi connectivity index (χ2v) is 4.02. The molecule has 5 heteroatoms. The van der Waals surface area contributed by atoms with Crippen LogP contribution in [0.4, 0.5) is 0 Å². The first kappa shape index (κ1) is 11.4. The third-order valence-electron chi connectivity index (χ3n) is 2.55. The zero-order valence-electron chi connectivity index (χ0n) is 9.00. The summed E-state index contributed by atoms with van der Waals surface area (Å²) in [6.07, 6.45) is 1.91. The van der Waals surface area contributed by atoms with Crippen LogP contribution >= 0.6 is 0 Å². The summed E-state index contributed by atoms with van der Waals surface area (Å²) in [6.45, 7) is 5.85. The smallest absolute Gasteiger partial charge is 0.342 e. The van der Waals surface area contributed by atoms with Crippen molar-refractivity contribution < 1.29 is 9.90 Å². The summed E-state index contributed by atoms with van der Waals surface area (Å²) >= 11 is 0. The van der Waals surface area contributed by atoms with Gasteiger partial charge in [0.05, 0.1) is 0 Å². The Kier molecular flexibility index (Phi) is 2.93. The minimum absolute atomic E-state index is 0.254. The molecule has 0 saturated heterocycles. The normalized spacial score (nSPS) is 11.4. The number of aromatic amines is 1. The van der Waals surface area contributed by atoms with E-state index in [1.54, 1.807) is 0 Å². The number of carboxylic acid groups (broad SMARTS) is 1. The molecule has 1 rings (SSSR count). The molecule has 0 aliphatic carbocycles. The SMILES string of the molecule is CCC(C)(C)c1ncc(C(=O)O)c(=O)[nH]1. The van der Waals surface area contributed by atoms with Crippen LogP contribution in [0.5, 0.6) is 0 Å². The first-order chi connectivity index (χ1) is 6.88. The van der Waals surface area contributed by atoms with E-state index in [2.05, 4.69) is 9.97 Å². The minimum atomic E-state index is -1.26. The molecule has 0 saturated carbocycles. The van der Waals surface area contributed by atoms with Crippen molar-refractivity contribution in [3.63, 3.8) is 0 Å². The summed E-state index contributed by atoms with van der Waals surface area (Å²) in [5, 5.41) is 8.66. The molecule has 2 N–H and O–H groups in total. The second kappa shape index (κ2) is 3.84. The highest BCUT2D eigenvalue weighted by molar-refractivity contribution is 5.86. The number of carboxylic acids is 1. The summed E-state index contributed by atoms with van der Waals surface area (Å²) in [5.41, 5.74) is -1.18. The van der Waals surface area contributed by atoms with Crippen LogP contribution in [0.3, 0.4) is 0 Å². The van der Waals surface area contributed by atoms with Gasteiger partial charge < -0.3 is 10.1 Å². The van der Waals surface area contributed by atoms with Gasteiger partial charge in [-0.15, -0.1) is 0 Å². The molecule has 1 aromatic rings. The molecule has 0 atom stereocenters. The molecule has 0 fully saturated rings. The first-order valence-electron chi connectivity index (χ1n) is 4.71. The molecule has 1 aromatic heterocycles. The van der Waals surface area contributed by atoms with Crippen molar-refractivity contribution >= 4 is 5.97 Å². The molecular formula is C10H14N2O3. The van der Waals surface area contributed by atoms with Gasteiger partial charge in [-0.1, -0.05) is 20.8 Å². The Morgan fingerprint density at radius 1 is 1.60 bits per heavy atom. The highest BCUT2D eigenvalue weighted by Gasteiger charge is 2.22. The van der Waals surface area contributed by atoms with Gasteiger partial charge in [0.15, 0.2) is 0 Å². The Bertz CT molecular complexity index is 435. The molecule has 0 amide bonds. The fraction of sp³-hybridized carbons (Fsp3) is 0.500. The lowest BCUT2D eigenvalue weighted by atomic mass is 9.89. The summed E-state index contributed by atoms with van der Waals surface area (Å²) in [6, 6.07) is 0. The fourth-order valence-corrected chi connectivity index (χ4v) is 1.06. The van der Waals surface area contributed by atoms with Gasteiger partial charge in [-0.2, -0.15) is 0 Å². The largest absolute Gasteiger partial charge is 0.477 e. The second-order valence-electron chi connectivity index (χ2n) is 4.02. The maximum Gasteiger partial charge on any atom is 0.342 e. The number of aromatic carboxylic acids is 1. The summed E-state index contributed by atoms with van der Waals surface area (Å²) in [4.78, 5) is 28.4. The quantitative estimate of drug-likeness (QED) is 0.784. The van der Waals surface area contributed by atoms with Crippen molar-refractivity contribution in [1.82, 2.24) is 9.97 Å². The van der Waals surface area contributed by atoms with Crippen LogP contribution in [0.2, 0.25) is 0 Å². The van der Waals surface area contributed by atoms with Crippen LogP contribution in [-0.2, 0) is 5.41 Å². The predicted molar refractivity (Wildman–Crippen MR) is 55.1 cm³/mol. The lowest BCUT2D eigenvalue weighted by molar-refractivity contribution is 0.0694. The molecule has 0 spiro atoms. The lowest BCUT2D eigenvalue weighted by Crippen LogP contribution is -2.27. The molecule has 82 valence electrons. The zero-order valence-corrected chi connectivity index (χ0v) is 9.00. The van der Waals surface area contributed by atoms with Gasteiger partial charge in [-0.3, -0.25) is 4.79 Å². The van der Waals surface area contributed by atoms with Gasteiger partial charge in [0, 0.05) is 11.6 Å². The Morgan fingerprint density at radius 2 is 2.20 bits per heavy atom. The molecule has 0 bridgehead atoms. The van der Waals surface area contributed by atoms with Gasteiger partial charge in [0.1, 0.15) is 11.4 Å². The molecule has 1 heterocycles. The Morgan fingerprint density at radius 3 is 2.60 bits per heavy atom. The van der Waals surface area contributed by atoms with Crippen molar-refractivity contribution in [3.05, 3.63) is 27.9 Å². The topological polar surface area (TPSA) is 83.0 Å². The maximum atomic E-state index is 11.4. The monoisotopic (exact) mass is 210 g/mol. The van der Waals surface area contributed by atoms with E-state index in [1.165, 1.54) is 0 Å². The van der Waals surface area contributed by atoms with Gasteiger partial charge in [-0.25, -0.2) is 9.78 Å². The molecule has 5 nitrogen and oxygen atoms in total. The number of nitrogens with one attached hydrogen (secondary N) is 1. The van der Waals surface area contributed by atoms with Crippen LogP contribution in [0, 0.1) is 0 Å². The molecule has 0 aliphatic heterocycles. The van der Waals surface area contributed by atoms with Crippen molar-refractivity contribution in [2.24, 2.45) is 0 Å². The van der Waals surface area contributed by atoms with Crippen LogP contribution < -0.4 is 5.56 Å². The van der Waals surface area contributed by atoms with E-state index >= 15 is 0 Å². The third-order valence-corrected chi connectivity index (χ3v) is 2.55. The van der Waals surface area contributed by atoms with E-state index < -0.39 is 11.5 Å². The van der Waals surface area contributed by atoms with Crippen molar-refractivity contribution in [2.45, 2.75) is 32.6 Å². The molecule has 0 aromatic carbocycles. The molecule has 0 aliphatic rings. The van der Waals surface area contributed by atoms with Gasteiger partial charge in [0.25, 0.3) is 5.56 Å². The van der Waals surface area contributed by atoms with E-state index in [1.807, 2.05) is 20.8 Å².